The molecule has 3 heteroatoms. The third-order valence-electron chi connectivity index (χ3n) is 3.31. The third-order valence-corrected chi connectivity index (χ3v) is 3.31. The molecule has 1 saturated heterocycles. The molecule has 0 aliphatic carbocycles. The first-order valence-electron chi connectivity index (χ1n) is 5.91. The van der Waals surface area contributed by atoms with Crippen LogP contribution in [-0.2, 0) is 0 Å². The number of aliphatic hydroxyl groups is 2. The molecule has 2 atom stereocenters. The van der Waals surface area contributed by atoms with Crippen LogP contribution in [0.3, 0.4) is 0 Å². The zero-order valence-electron chi connectivity index (χ0n) is 9.42. The highest BCUT2D eigenvalue weighted by atomic mass is 16.3. The molecule has 1 aromatic carbocycles. The highest BCUT2D eigenvalue weighted by molar-refractivity contribution is 5.19. The smallest absolute Gasteiger partial charge is 0.0945 e. The van der Waals surface area contributed by atoms with Gasteiger partial charge in [0.05, 0.1) is 12.7 Å². The lowest BCUT2D eigenvalue weighted by Gasteiger charge is -2.28. The number of rotatable bonds is 4. The van der Waals surface area contributed by atoms with E-state index in [1.54, 1.807) is 0 Å². The van der Waals surface area contributed by atoms with Crippen LogP contribution < -0.4 is 0 Å². The lowest BCUT2D eigenvalue weighted by atomic mass is 10.0. The van der Waals surface area contributed by atoms with Gasteiger partial charge in [-0.2, -0.15) is 0 Å². The summed E-state index contributed by atoms with van der Waals surface area (Å²) in [5, 5.41) is 19.3. The second-order valence-corrected chi connectivity index (χ2v) is 4.32. The average molecular weight is 221 g/mol. The summed E-state index contributed by atoms with van der Waals surface area (Å²) in [4.78, 5) is 2.18. The maximum atomic E-state index is 10.3. The van der Waals surface area contributed by atoms with Crippen molar-refractivity contribution in [1.29, 1.82) is 0 Å². The van der Waals surface area contributed by atoms with E-state index < -0.39 is 6.10 Å². The van der Waals surface area contributed by atoms with Gasteiger partial charge in [0.25, 0.3) is 0 Å². The Balaban J connectivity index is 2.06. The molecule has 0 amide bonds. The summed E-state index contributed by atoms with van der Waals surface area (Å²) < 4.78 is 0. The van der Waals surface area contributed by atoms with Crippen molar-refractivity contribution < 1.29 is 10.2 Å². The molecule has 0 saturated carbocycles. The summed E-state index contributed by atoms with van der Waals surface area (Å²) in [6.07, 6.45) is 1.68. The van der Waals surface area contributed by atoms with Crippen LogP contribution in [0.4, 0.5) is 0 Å². The second kappa shape index (κ2) is 5.43. The minimum atomic E-state index is -0.435. The van der Waals surface area contributed by atoms with Gasteiger partial charge in [0, 0.05) is 12.6 Å². The molecule has 1 aliphatic rings. The molecule has 1 aromatic rings. The summed E-state index contributed by atoms with van der Waals surface area (Å²) in [6, 6.07) is 9.93. The number of hydrogen-bond donors (Lipinski definition) is 2. The highest BCUT2D eigenvalue weighted by Crippen LogP contribution is 2.28. The summed E-state index contributed by atoms with van der Waals surface area (Å²) >= 11 is 0. The van der Waals surface area contributed by atoms with Gasteiger partial charge in [-0.05, 0) is 24.9 Å². The third kappa shape index (κ3) is 2.43. The molecule has 0 radical (unpaired) electrons. The molecule has 3 nitrogen and oxygen atoms in total. The molecular weight excluding hydrogens is 202 g/mol. The van der Waals surface area contributed by atoms with E-state index in [1.165, 1.54) is 0 Å². The molecule has 1 fully saturated rings. The predicted molar refractivity (Wildman–Crippen MR) is 63.1 cm³/mol. The standard InChI is InChI=1S/C13H19NO2/c15-10-9-14-8-4-7-12(14)13(16)11-5-2-1-3-6-11/h1-3,5-6,12-13,15-16H,4,7-10H2/t12-,13-/m0/s1. The van der Waals surface area contributed by atoms with Gasteiger partial charge >= 0.3 is 0 Å². The number of aliphatic hydroxyl groups excluding tert-OH is 2. The fourth-order valence-electron chi connectivity index (χ4n) is 2.49. The van der Waals surface area contributed by atoms with Crippen molar-refractivity contribution in [2.45, 2.75) is 25.0 Å². The Morgan fingerprint density at radius 3 is 2.75 bits per heavy atom. The maximum absolute atomic E-state index is 10.3. The molecule has 88 valence electrons. The van der Waals surface area contributed by atoms with Crippen LogP contribution in [0, 0.1) is 0 Å². The first-order chi connectivity index (χ1) is 7.83. The van der Waals surface area contributed by atoms with Crippen LogP contribution in [0.2, 0.25) is 0 Å². The number of likely N-dealkylation sites (tertiary alicyclic amines) is 1. The largest absolute Gasteiger partial charge is 0.395 e. The van der Waals surface area contributed by atoms with E-state index in [-0.39, 0.29) is 12.6 Å². The van der Waals surface area contributed by atoms with Gasteiger partial charge in [-0.15, -0.1) is 0 Å². The van der Waals surface area contributed by atoms with Crippen molar-refractivity contribution >= 4 is 0 Å². The maximum Gasteiger partial charge on any atom is 0.0945 e. The molecule has 1 aliphatic heterocycles. The summed E-state index contributed by atoms with van der Waals surface area (Å²) in [5.41, 5.74) is 0.970. The lowest BCUT2D eigenvalue weighted by molar-refractivity contribution is 0.0632. The van der Waals surface area contributed by atoms with Crippen molar-refractivity contribution in [1.82, 2.24) is 4.90 Å². The molecule has 1 heterocycles. The molecule has 16 heavy (non-hydrogen) atoms. The predicted octanol–water partition coefficient (Wildman–Crippen LogP) is 1.18. The first-order valence-corrected chi connectivity index (χ1v) is 5.91. The fourth-order valence-corrected chi connectivity index (χ4v) is 2.49. The van der Waals surface area contributed by atoms with Gasteiger partial charge in [0.1, 0.15) is 0 Å². The van der Waals surface area contributed by atoms with E-state index in [2.05, 4.69) is 4.90 Å². The minimum absolute atomic E-state index is 0.162. The Labute approximate surface area is 96.3 Å². The van der Waals surface area contributed by atoms with Crippen LogP contribution in [0.1, 0.15) is 24.5 Å². The molecule has 0 unspecified atom stereocenters. The van der Waals surface area contributed by atoms with E-state index in [9.17, 15) is 5.11 Å². The molecule has 2 N–H and O–H groups in total. The molecular formula is C13H19NO2. The Morgan fingerprint density at radius 2 is 2.06 bits per heavy atom. The fraction of sp³-hybridized carbons (Fsp3) is 0.538. The van der Waals surface area contributed by atoms with Gasteiger partial charge in [-0.1, -0.05) is 30.3 Å². The molecule has 0 spiro atoms. The van der Waals surface area contributed by atoms with E-state index in [1.807, 2.05) is 30.3 Å². The monoisotopic (exact) mass is 221 g/mol. The Hall–Kier alpha value is -0.900. The van der Waals surface area contributed by atoms with Crippen LogP contribution in [0.5, 0.6) is 0 Å². The summed E-state index contributed by atoms with van der Waals surface area (Å²) in [6.45, 7) is 1.81. The lowest BCUT2D eigenvalue weighted by Crippen LogP contribution is -2.36. The first kappa shape index (κ1) is 11.6. The summed E-state index contributed by atoms with van der Waals surface area (Å²) in [7, 11) is 0. The van der Waals surface area contributed by atoms with Crippen molar-refractivity contribution in [3.8, 4) is 0 Å². The van der Waals surface area contributed by atoms with Gasteiger partial charge in [0.15, 0.2) is 0 Å². The molecule has 2 rings (SSSR count). The normalized spacial score (nSPS) is 23.5. The van der Waals surface area contributed by atoms with Gasteiger partial charge in [0.2, 0.25) is 0 Å². The van der Waals surface area contributed by atoms with Crippen LogP contribution in [0.15, 0.2) is 30.3 Å². The SMILES string of the molecule is OCCN1CCC[C@H]1[C@@H](O)c1ccccc1. The Bertz CT molecular complexity index is 315. The second-order valence-electron chi connectivity index (χ2n) is 4.32. The zero-order chi connectivity index (χ0) is 11.4. The quantitative estimate of drug-likeness (QED) is 0.802. The number of nitrogens with zero attached hydrogens (tertiary/aromatic N) is 1. The van der Waals surface area contributed by atoms with Gasteiger partial charge in [-0.3, -0.25) is 4.90 Å². The minimum Gasteiger partial charge on any atom is -0.395 e. The Kier molecular flexibility index (Phi) is 3.93. The molecule has 0 bridgehead atoms. The summed E-state index contributed by atoms with van der Waals surface area (Å²) in [5.74, 6) is 0. The van der Waals surface area contributed by atoms with E-state index >= 15 is 0 Å². The average Bonchev–Trinajstić information content (AvgIpc) is 2.78. The topological polar surface area (TPSA) is 43.7 Å². The number of hydrogen-bond acceptors (Lipinski definition) is 3. The van der Waals surface area contributed by atoms with Crippen molar-refractivity contribution in [2.24, 2.45) is 0 Å². The number of β-amino-alcohol motifs (C(OH)–C–C–N with tert-alkyl or cyclic N) is 1. The van der Waals surface area contributed by atoms with Gasteiger partial charge in [-0.25, -0.2) is 0 Å². The van der Waals surface area contributed by atoms with Crippen LogP contribution in [0.25, 0.3) is 0 Å². The van der Waals surface area contributed by atoms with Crippen molar-refractivity contribution in [2.75, 3.05) is 19.7 Å². The van der Waals surface area contributed by atoms with E-state index in [0.717, 1.165) is 24.9 Å². The highest BCUT2D eigenvalue weighted by Gasteiger charge is 2.30. The molecule has 0 aromatic heterocycles. The zero-order valence-corrected chi connectivity index (χ0v) is 9.42. The van der Waals surface area contributed by atoms with Crippen LogP contribution in [-0.4, -0.2) is 40.9 Å². The number of benzene rings is 1. The van der Waals surface area contributed by atoms with Crippen LogP contribution >= 0.6 is 0 Å². The van der Waals surface area contributed by atoms with E-state index in [0.29, 0.717) is 6.54 Å². The van der Waals surface area contributed by atoms with E-state index in [4.69, 9.17) is 5.11 Å². The van der Waals surface area contributed by atoms with Crippen molar-refractivity contribution in [3.05, 3.63) is 35.9 Å². The van der Waals surface area contributed by atoms with Gasteiger partial charge < -0.3 is 10.2 Å². The van der Waals surface area contributed by atoms with Crippen molar-refractivity contribution in [3.63, 3.8) is 0 Å². The Morgan fingerprint density at radius 1 is 1.31 bits per heavy atom.